The van der Waals surface area contributed by atoms with Crippen molar-refractivity contribution in [2.45, 2.75) is 32.7 Å². The van der Waals surface area contributed by atoms with E-state index in [2.05, 4.69) is 27.2 Å². The quantitative estimate of drug-likeness (QED) is 0.914. The third kappa shape index (κ3) is 3.59. The number of likely N-dealkylation sites (N-methyl/N-ethyl adjacent to an activating group) is 1. The van der Waals surface area contributed by atoms with Gasteiger partial charge in [0, 0.05) is 12.6 Å². The van der Waals surface area contributed by atoms with Crippen molar-refractivity contribution in [3.05, 3.63) is 42.0 Å². The van der Waals surface area contributed by atoms with E-state index >= 15 is 0 Å². The van der Waals surface area contributed by atoms with Gasteiger partial charge in [-0.05, 0) is 45.0 Å². The molecule has 1 N–H and O–H groups in total. The third-order valence-corrected chi connectivity index (χ3v) is 4.40. The molecule has 1 amide bonds. The summed E-state index contributed by atoms with van der Waals surface area (Å²) >= 11 is 0. The van der Waals surface area contributed by atoms with E-state index in [1.807, 2.05) is 31.2 Å². The number of benzene rings is 1. The summed E-state index contributed by atoms with van der Waals surface area (Å²) in [4.78, 5) is 18.8. The van der Waals surface area contributed by atoms with Crippen LogP contribution < -0.4 is 5.32 Å². The van der Waals surface area contributed by atoms with Gasteiger partial charge in [-0.15, -0.1) is 5.10 Å². The van der Waals surface area contributed by atoms with Crippen LogP contribution in [0.1, 0.15) is 35.9 Å². The van der Waals surface area contributed by atoms with E-state index in [4.69, 9.17) is 0 Å². The fourth-order valence-electron chi connectivity index (χ4n) is 3.02. The van der Waals surface area contributed by atoms with E-state index in [-0.39, 0.29) is 11.7 Å². The first kappa shape index (κ1) is 15.7. The molecule has 122 valence electrons. The van der Waals surface area contributed by atoms with Gasteiger partial charge < -0.3 is 5.32 Å². The zero-order chi connectivity index (χ0) is 16.2. The molecule has 6 nitrogen and oxygen atoms in total. The number of aromatic nitrogens is 3. The molecule has 0 aliphatic carbocycles. The van der Waals surface area contributed by atoms with Gasteiger partial charge in [-0.2, -0.15) is 0 Å². The molecule has 1 atom stereocenters. The molecule has 1 aliphatic rings. The van der Waals surface area contributed by atoms with Crippen molar-refractivity contribution in [3.63, 3.8) is 0 Å². The number of nitrogens with one attached hydrogen (secondary N) is 1. The number of hydrogen-bond acceptors (Lipinski definition) is 4. The minimum absolute atomic E-state index is 0.209. The smallest absolute Gasteiger partial charge is 0.291 e. The summed E-state index contributed by atoms with van der Waals surface area (Å²) in [7, 11) is 0. The number of carbonyl (C=O) groups is 1. The Morgan fingerprint density at radius 3 is 2.87 bits per heavy atom. The Morgan fingerprint density at radius 2 is 2.13 bits per heavy atom. The van der Waals surface area contributed by atoms with E-state index in [0.29, 0.717) is 12.6 Å². The van der Waals surface area contributed by atoms with Crippen LogP contribution in [-0.4, -0.2) is 51.2 Å². The highest BCUT2D eigenvalue weighted by Crippen LogP contribution is 2.15. The third-order valence-electron chi connectivity index (χ3n) is 4.40. The van der Waals surface area contributed by atoms with Crippen LogP contribution in [0.2, 0.25) is 0 Å². The van der Waals surface area contributed by atoms with E-state index < -0.39 is 0 Å². The molecule has 0 radical (unpaired) electrons. The van der Waals surface area contributed by atoms with Crippen molar-refractivity contribution in [1.29, 1.82) is 0 Å². The average Bonchev–Trinajstić information content (AvgIpc) is 3.22. The Bertz CT molecular complexity index is 664. The lowest BCUT2D eigenvalue weighted by molar-refractivity contribution is 0.0931. The van der Waals surface area contributed by atoms with Crippen molar-refractivity contribution in [3.8, 4) is 5.69 Å². The summed E-state index contributed by atoms with van der Waals surface area (Å²) in [6, 6.07) is 8.38. The highest BCUT2D eigenvalue weighted by Gasteiger charge is 2.24. The van der Waals surface area contributed by atoms with Gasteiger partial charge in [0.2, 0.25) is 5.82 Å². The summed E-state index contributed by atoms with van der Waals surface area (Å²) in [6.45, 7) is 7.00. The summed E-state index contributed by atoms with van der Waals surface area (Å²) < 4.78 is 1.63. The Balaban J connectivity index is 1.61. The Hall–Kier alpha value is -2.21. The molecular formula is C17H23N5O. The molecule has 2 heterocycles. The first-order valence-corrected chi connectivity index (χ1v) is 8.18. The lowest BCUT2D eigenvalue weighted by Gasteiger charge is -2.22. The molecule has 3 rings (SSSR count). The molecule has 1 aromatic heterocycles. The van der Waals surface area contributed by atoms with Crippen LogP contribution in [0.3, 0.4) is 0 Å². The zero-order valence-corrected chi connectivity index (χ0v) is 13.7. The maximum Gasteiger partial charge on any atom is 0.291 e. The summed E-state index contributed by atoms with van der Waals surface area (Å²) in [5.41, 5.74) is 2.08. The molecule has 1 aromatic carbocycles. The van der Waals surface area contributed by atoms with Crippen molar-refractivity contribution in [1.82, 2.24) is 25.0 Å². The normalized spacial score (nSPS) is 18.3. The highest BCUT2D eigenvalue weighted by atomic mass is 16.2. The monoisotopic (exact) mass is 313 g/mol. The molecule has 23 heavy (non-hydrogen) atoms. The zero-order valence-electron chi connectivity index (χ0n) is 13.7. The van der Waals surface area contributed by atoms with Crippen LogP contribution in [-0.2, 0) is 0 Å². The second-order valence-electron chi connectivity index (χ2n) is 5.98. The highest BCUT2D eigenvalue weighted by molar-refractivity contribution is 5.90. The van der Waals surface area contributed by atoms with E-state index in [1.165, 1.54) is 12.0 Å². The SMILES string of the molecule is CCN1CCC[C@H]1CNC(=O)c1ncn(-c2ccc(C)cc2)n1. The molecule has 0 unspecified atom stereocenters. The summed E-state index contributed by atoms with van der Waals surface area (Å²) in [6.07, 6.45) is 3.92. The second kappa shape index (κ2) is 6.91. The van der Waals surface area contributed by atoms with Crippen LogP contribution in [0.4, 0.5) is 0 Å². The topological polar surface area (TPSA) is 63.1 Å². The van der Waals surface area contributed by atoms with Crippen LogP contribution in [0.15, 0.2) is 30.6 Å². The number of likely N-dealkylation sites (tertiary alicyclic amines) is 1. The minimum atomic E-state index is -0.209. The van der Waals surface area contributed by atoms with Crippen molar-refractivity contribution in [2.75, 3.05) is 19.6 Å². The van der Waals surface area contributed by atoms with Gasteiger partial charge in [-0.1, -0.05) is 24.6 Å². The Labute approximate surface area is 136 Å². The van der Waals surface area contributed by atoms with Gasteiger partial charge in [-0.3, -0.25) is 9.69 Å². The van der Waals surface area contributed by atoms with Crippen LogP contribution >= 0.6 is 0 Å². The first-order valence-electron chi connectivity index (χ1n) is 8.18. The first-order chi connectivity index (χ1) is 11.2. The standard InChI is InChI=1S/C17H23N5O/c1-3-21-10-4-5-15(21)11-18-17(23)16-19-12-22(20-16)14-8-6-13(2)7-9-14/h6-9,12,15H,3-5,10-11H2,1-2H3,(H,18,23)/t15-/m0/s1. The predicted molar refractivity (Wildman–Crippen MR) is 88.7 cm³/mol. The summed E-state index contributed by atoms with van der Waals surface area (Å²) in [5.74, 6) is 0.00503. The van der Waals surface area contributed by atoms with E-state index in [0.717, 1.165) is 25.2 Å². The second-order valence-corrected chi connectivity index (χ2v) is 5.98. The molecule has 1 aliphatic heterocycles. The van der Waals surface area contributed by atoms with Gasteiger partial charge in [-0.25, -0.2) is 9.67 Å². The Kier molecular flexibility index (Phi) is 4.71. The fraction of sp³-hybridized carbons (Fsp3) is 0.471. The van der Waals surface area contributed by atoms with Crippen LogP contribution in [0.5, 0.6) is 0 Å². The molecular weight excluding hydrogens is 290 g/mol. The van der Waals surface area contributed by atoms with Gasteiger partial charge in [0.25, 0.3) is 5.91 Å². The van der Waals surface area contributed by atoms with Gasteiger partial charge >= 0.3 is 0 Å². The van der Waals surface area contributed by atoms with Crippen molar-refractivity contribution >= 4 is 5.91 Å². The molecule has 1 saturated heterocycles. The largest absolute Gasteiger partial charge is 0.348 e. The van der Waals surface area contributed by atoms with Crippen molar-refractivity contribution in [2.24, 2.45) is 0 Å². The number of carbonyl (C=O) groups excluding carboxylic acids is 1. The van der Waals surface area contributed by atoms with Crippen molar-refractivity contribution < 1.29 is 4.79 Å². The van der Waals surface area contributed by atoms with Gasteiger partial charge in [0.1, 0.15) is 6.33 Å². The number of amides is 1. The van der Waals surface area contributed by atoms with Gasteiger partial charge in [0.15, 0.2) is 0 Å². The Morgan fingerprint density at radius 1 is 1.35 bits per heavy atom. The summed E-state index contributed by atoms with van der Waals surface area (Å²) in [5, 5.41) is 7.23. The lowest BCUT2D eigenvalue weighted by atomic mass is 10.2. The molecule has 6 heteroatoms. The van der Waals surface area contributed by atoms with E-state index in [1.54, 1.807) is 11.0 Å². The molecule has 0 spiro atoms. The number of hydrogen-bond donors (Lipinski definition) is 1. The molecule has 2 aromatic rings. The molecule has 0 saturated carbocycles. The molecule has 1 fully saturated rings. The lowest BCUT2D eigenvalue weighted by Crippen LogP contribution is -2.40. The minimum Gasteiger partial charge on any atom is -0.348 e. The van der Waals surface area contributed by atoms with Crippen LogP contribution in [0, 0.1) is 6.92 Å². The van der Waals surface area contributed by atoms with Crippen LogP contribution in [0.25, 0.3) is 5.69 Å². The fourth-order valence-corrected chi connectivity index (χ4v) is 3.02. The number of rotatable bonds is 5. The average molecular weight is 313 g/mol. The predicted octanol–water partition coefficient (Wildman–Crippen LogP) is 1.79. The molecule has 0 bridgehead atoms. The maximum atomic E-state index is 12.2. The maximum absolute atomic E-state index is 12.2. The number of nitrogens with zero attached hydrogens (tertiary/aromatic N) is 4. The van der Waals surface area contributed by atoms with Gasteiger partial charge in [0.05, 0.1) is 5.69 Å². The van der Waals surface area contributed by atoms with E-state index in [9.17, 15) is 4.79 Å². The number of aryl methyl sites for hydroxylation is 1.